The van der Waals surface area contributed by atoms with E-state index in [1.807, 2.05) is 13.8 Å². The van der Waals surface area contributed by atoms with Crippen LogP contribution in [0.1, 0.15) is 106 Å². The molecule has 29 heavy (non-hydrogen) atoms. The summed E-state index contributed by atoms with van der Waals surface area (Å²) in [5, 5.41) is 20.9. The van der Waals surface area contributed by atoms with Crippen LogP contribution < -0.4 is 10.2 Å². The molecule has 0 aromatic carbocycles. The van der Waals surface area contributed by atoms with E-state index in [-0.39, 0.29) is 21.1 Å². The van der Waals surface area contributed by atoms with Crippen LogP contribution in [-0.4, -0.2) is 42.6 Å². The molecule has 0 aromatic heterocycles. The van der Waals surface area contributed by atoms with E-state index in [0.29, 0.717) is 25.7 Å². The second-order valence-corrected chi connectivity index (χ2v) is 13.3. The van der Waals surface area contributed by atoms with Gasteiger partial charge in [-0.3, -0.25) is 0 Å². The molecule has 4 nitrogen and oxygen atoms in total. The Hall–Kier alpha value is 0.439. The van der Waals surface area contributed by atoms with Gasteiger partial charge in [-0.05, 0) is 25.7 Å². The normalized spacial score (nSPS) is 14.1. The second-order valence-electron chi connectivity index (χ2n) is 7.30. The van der Waals surface area contributed by atoms with E-state index in [0.717, 1.165) is 12.8 Å². The van der Waals surface area contributed by atoms with Crippen molar-refractivity contribution in [3.05, 3.63) is 0 Å². The molecule has 0 amide bonds. The van der Waals surface area contributed by atoms with Crippen molar-refractivity contribution in [3.8, 4) is 0 Å². The van der Waals surface area contributed by atoms with Crippen LogP contribution in [0.4, 0.5) is 0 Å². The summed E-state index contributed by atoms with van der Waals surface area (Å²) in [5.74, 6) is -2.11. The van der Waals surface area contributed by atoms with E-state index in [9.17, 15) is 19.8 Å². The van der Waals surface area contributed by atoms with Gasteiger partial charge in [-0.15, -0.1) is 0 Å². The third-order valence-electron chi connectivity index (χ3n) is 4.67. The summed E-state index contributed by atoms with van der Waals surface area (Å²) in [7, 11) is 0. The van der Waals surface area contributed by atoms with Gasteiger partial charge in [0.2, 0.25) is 0 Å². The number of rotatable bonds is 14. The summed E-state index contributed by atoms with van der Waals surface area (Å²) in [6, 6.07) is 0. The summed E-state index contributed by atoms with van der Waals surface area (Å²) < 4.78 is 1.43. The zero-order valence-electron chi connectivity index (χ0n) is 19.5. The molecule has 172 valence electrons. The van der Waals surface area contributed by atoms with Gasteiger partial charge in [-0.2, -0.15) is 25.3 Å². The molecular weight excluding hydrogens is 511 g/mol. The molecule has 0 aliphatic heterocycles. The predicted octanol–water partition coefficient (Wildman–Crippen LogP) is 4.36. The summed E-state index contributed by atoms with van der Waals surface area (Å²) in [5.41, 5.74) is 0. The summed E-state index contributed by atoms with van der Waals surface area (Å²) in [6.07, 6.45) is 9.69. The van der Waals surface area contributed by atoms with Gasteiger partial charge in [-0.25, -0.2) is 0 Å². The van der Waals surface area contributed by atoms with Crippen molar-refractivity contribution in [2.45, 2.75) is 124 Å². The van der Waals surface area contributed by atoms with E-state index < -0.39 is 21.4 Å². The van der Waals surface area contributed by atoms with Gasteiger partial charge in [0, 0.05) is 0 Å². The fourth-order valence-corrected chi connectivity index (χ4v) is 7.01. The summed E-state index contributed by atoms with van der Waals surface area (Å²) in [4.78, 5) is 20.9. The molecule has 0 aliphatic rings. The topological polar surface area (TPSA) is 80.3 Å². The Kier molecular flexibility index (Phi) is 25.4. The van der Waals surface area contributed by atoms with E-state index in [4.69, 9.17) is 0 Å². The third kappa shape index (κ3) is 18.9. The van der Waals surface area contributed by atoms with Gasteiger partial charge in [0.1, 0.15) is 0 Å². The SMILES string of the molecule is CCCC(S)(CC)C(=O)[O-].CCCC(S)(CC)C(=O)[O-].CCC[CH2][Sn+2][CH2]CCC. The Labute approximate surface area is 201 Å². The Balaban J connectivity index is -0.000000350. The van der Waals surface area contributed by atoms with Crippen LogP contribution in [0, 0.1) is 0 Å². The maximum absolute atomic E-state index is 10.5. The zero-order valence-corrected chi connectivity index (χ0v) is 24.2. The minimum absolute atomic E-state index is 0.149. The fourth-order valence-electron chi connectivity index (χ4n) is 2.40. The van der Waals surface area contributed by atoms with Gasteiger partial charge in [0.25, 0.3) is 0 Å². The monoisotopic (exact) mass is 556 g/mol. The molecular formula is C22H44O4S2Sn. The number of aliphatic carboxylic acids is 2. The first-order chi connectivity index (χ1) is 13.5. The Morgan fingerprint density at radius 2 is 1.00 bits per heavy atom. The first-order valence-electron chi connectivity index (χ1n) is 11.1. The van der Waals surface area contributed by atoms with Gasteiger partial charge in [0.05, 0.1) is 21.4 Å². The first-order valence-corrected chi connectivity index (χ1v) is 16.1. The van der Waals surface area contributed by atoms with Crippen molar-refractivity contribution < 1.29 is 19.8 Å². The molecule has 2 atom stereocenters. The minimum atomic E-state index is -1.06. The van der Waals surface area contributed by atoms with Crippen LogP contribution >= 0.6 is 25.3 Å². The van der Waals surface area contributed by atoms with Crippen LogP contribution in [0.15, 0.2) is 0 Å². The molecule has 0 N–H and O–H groups in total. The maximum atomic E-state index is 10.5. The summed E-state index contributed by atoms with van der Waals surface area (Å²) >= 11 is 8.21. The number of unbranched alkanes of at least 4 members (excludes halogenated alkanes) is 2. The number of hydrogen-bond donors (Lipinski definition) is 2. The van der Waals surface area contributed by atoms with Gasteiger partial charge in [-0.1, -0.05) is 40.5 Å². The van der Waals surface area contributed by atoms with E-state index in [2.05, 4.69) is 39.1 Å². The standard InChI is InChI=1S/2C7H14O2S.2C4H9.Sn/c2*1-3-5-7(10,4-2)6(8)9;2*1-3-4-2;/h2*10H,3-5H2,1-2H3,(H,8,9);2*1,3-4H2,2H3;/q;;;;+2/p-2. The van der Waals surface area contributed by atoms with Crippen LogP contribution in [-0.2, 0) is 9.59 Å². The average Bonchev–Trinajstić information content (AvgIpc) is 2.69. The molecule has 0 spiro atoms. The van der Waals surface area contributed by atoms with Gasteiger partial charge in [0.15, 0.2) is 0 Å². The van der Waals surface area contributed by atoms with E-state index >= 15 is 0 Å². The molecule has 2 unspecified atom stereocenters. The number of hydrogen-bond acceptors (Lipinski definition) is 6. The Morgan fingerprint density at radius 1 is 0.690 bits per heavy atom. The number of carbonyl (C=O) groups is 2. The van der Waals surface area contributed by atoms with Crippen molar-refractivity contribution in [3.63, 3.8) is 0 Å². The van der Waals surface area contributed by atoms with Crippen LogP contribution in [0.25, 0.3) is 0 Å². The fraction of sp³-hybridized carbons (Fsp3) is 0.909. The average molecular weight is 555 g/mol. The molecule has 0 saturated heterocycles. The Bertz CT molecular complexity index is 374. The molecule has 0 radical (unpaired) electrons. The van der Waals surface area contributed by atoms with Crippen molar-refractivity contribution in [1.29, 1.82) is 0 Å². The molecule has 0 bridgehead atoms. The number of carboxylic acid groups (broad SMARTS) is 2. The molecule has 0 rings (SSSR count). The van der Waals surface area contributed by atoms with E-state index in [1.165, 1.54) is 25.7 Å². The van der Waals surface area contributed by atoms with Crippen LogP contribution in [0.2, 0.25) is 8.87 Å². The summed E-state index contributed by atoms with van der Waals surface area (Å²) in [6.45, 7) is 12.1. The number of thiol groups is 2. The first kappa shape index (κ1) is 34.1. The van der Waals surface area contributed by atoms with Crippen molar-refractivity contribution in [1.82, 2.24) is 0 Å². The third-order valence-corrected chi connectivity index (χ3v) is 10.2. The van der Waals surface area contributed by atoms with Crippen LogP contribution in [0.5, 0.6) is 0 Å². The zero-order chi connectivity index (χ0) is 23.3. The Morgan fingerprint density at radius 3 is 1.14 bits per heavy atom. The predicted molar refractivity (Wildman–Crippen MR) is 129 cm³/mol. The second kappa shape index (κ2) is 21.7. The molecule has 0 aliphatic carbocycles. The van der Waals surface area contributed by atoms with Gasteiger partial charge < -0.3 is 19.8 Å². The van der Waals surface area contributed by atoms with Gasteiger partial charge >= 0.3 is 69.5 Å². The van der Waals surface area contributed by atoms with Crippen LogP contribution in [0.3, 0.4) is 0 Å². The van der Waals surface area contributed by atoms with Crippen molar-refractivity contribution >= 4 is 58.3 Å². The van der Waals surface area contributed by atoms with Crippen molar-refractivity contribution in [2.24, 2.45) is 0 Å². The van der Waals surface area contributed by atoms with E-state index in [1.54, 1.807) is 22.7 Å². The molecule has 0 heterocycles. The number of carboxylic acids is 2. The molecule has 0 aromatic rings. The molecule has 0 fully saturated rings. The van der Waals surface area contributed by atoms with Crippen molar-refractivity contribution in [2.75, 3.05) is 0 Å². The number of carbonyl (C=O) groups excluding carboxylic acids is 2. The molecule has 0 saturated carbocycles. The quantitative estimate of drug-likeness (QED) is 0.190. The molecule has 7 heteroatoms.